The van der Waals surface area contributed by atoms with Gasteiger partial charge in [0.05, 0.1) is 0 Å². The molecular weight excluding hydrogens is 250 g/mol. The lowest BCUT2D eigenvalue weighted by atomic mass is 9.76. The molecule has 0 radical (unpaired) electrons. The minimum atomic E-state index is -0.412. The van der Waals surface area contributed by atoms with Crippen molar-refractivity contribution in [3.63, 3.8) is 0 Å². The van der Waals surface area contributed by atoms with E-state index in [1.165, 1.54) is 5.56 Å². The molecule has 2 fully saturated rings. The second-order valence-electron chi connectivity index (χ2n) is 6.39. The van der Waals surface area contributed by atoms with Gasteiger partial charge in [-0.1, -0.05) is 37.3 Å². The van der Waals surface area contributed by atoms with Crippen LogP contribution in [0.3, 0.4) is 0 Å². The van der Waals surface area contributed by atoms with Crippen molar-refractivity contribution >= 4 is 5.97 Å². The van der Waals surface area contributed by atoms with Gasteiger partial charge in [-0.2, -0.15) is 0 Å². The normalized spacial score (nSPS) is 34.0. The summed E-state index contributed by atoms with van der Waals surface area (Å²) >= 11 is 0. The van der Waals surface area contributed by atoms with Crippen molar-refractivity contribution in [3.8, 4) is 0 Å². The van der Waals surface area contributed by atoms with Crippen LogP contribution in [0, 0.1) is 5.92 Å². The molecule has 1 aliphatic carbocycles. The lowest BCUT2D eigenvalue weighted by Gasteiger charge is -2.44. The van der Waals surface area contributed by atoms with Gasteiger partial charge in [0.2, 0.25) is 0 Å². The molecule has 1 saturated heterocycles. The first-order valence-electron chi connectivity index (χ1n) is 7.67. The molecule has 108 valence electrons. The van der Waals surface area contributed by atoms with Crippen LogP contribution in [0.5, 0.6) is 0 Å². The summed E-state index contributed by atoms with van der Waals surface area (Å²) in [4.78, 5) is 12.2. The maximum Gasteiger partial charge on any atom is 0.326 e. The second kappa shape index (κ2) is 5.57. The fraction of sp³-hybridized carbons (Fsp3) is 0.588. The average Bonchev–Trinajstić information content (AvgIpc) is 2.47. The molecule has 2 aliphatic rings. The van der Waals surface area contributed by atoms with Crippen molar-refractivity contribution in [1.82, 2.24) is 5.32 Å². The van der Waals surface area contributed by atoms with Crippen LogP contribution < -0.4 is 5.32 Å². The molecule has 20 heavy (non-hydrogen) atoms. The van der Waals surface area contributed by atoms with Gasteiger partial charge in [-0.15, -0.1) is 0 Å². The molecule has 3 rings (SSSR count). The zero-order chi connectivity index (χ0) is 14.0. The summed E-state index contributed by atoms with van der Waals surface area (Å²) in [5.41, 5.74) is 0.881. The van der Waals surface area contributed by atoms with E-state index in [-0.39, 0.29) is 12.0 Å². The summed E-state index contributed by atoms with van der Waals surface area (Å²) in [6.07, 6.45) is 4.97. The number of cyclic esters (lactones) is 1. The minimum absolute atomic E-state index is 0.0336. The summed E-state index contributed by atoms with van der Waals surface area (Å²) in [6.45, 7) is 2.76. The molecule has 0 unspecified atom stereocenters. The molecule has 0 aromatic heterocycles. The predicted molar refractivity (Wildman–Crippen MR) is 78.4 cm³/mol. The van der Waals surface area contributed by atoms with E-state index in [0.29, 0.717) is 6.61 Å². The Morgan fingerprint density at radius 3 is 2.65 bits per heavy atom. The highest BCUT2D eigenvalue weighted by Crippen LogP contribution is 2.35. The predicted octanol–water partition coefficient (Wildman–Crippen LogP) is 2.69. The Morgan fingerprint density at radius 2 is 1.95 bits per heavy atom. The number of esters is 1. The molecular formula is C17H23NO2. The Kier molecular flexibility index (Phi) is 3.79. The quantitative estimate of drug-likeness (QED) is 0.842. The van der Waals surface area contributed by atoms with Crippen LogP contribution in [0.1, 0.15) is 38.2 Å². The first-order chi connectivity index (χ1) is 9.68. The fourth-order valence-electron chi connectivity index (χ4n) is 3.42. The third-order valence-corrected chi connectivity index (χ3v) is 4.74. The average molecular weight is 273 g/mol. The molecule has 1 aromatic carbocycles. The molecule has 1 atom stereocenters. The Morgan fingerprint density at radius 1 is 1.25 bits per heavy atom. The second-order valence-corrected chi connectivity index (χ2v) is 6.39. The number of nitrogens with one attached hydrogen (secondary N) is 1. The molecule has 0 amide bonds. The van der Waals surface area contributed by atoms with Gasteiger partial charge in [0.25, 0.3) is 0 Å². The first kappa shape index (κ1) is 13.6. The summed E-state index contributed by atoms with van der Waals surface area (Å²) < 4.78 is 5.49. The number of carbonyl (C=O) groups is 1. The SMILES string of the molecule is CC1CCC2(CC1)N[C@@H](Cc1ccccc1)COC2=O. The van der Waals surface area contributed by atoms with Crippen LogP contribution in [0.2, 0.25) is 0 Å². The van der Waals surface area contributed by atoms with Gasteiger partial charge in [-0.3, -0.25) is 10.1 Å². The van der Waals surface area contributed by atoms with Crippen molar-refractivity contribution in [2.75, 3.05) is 6.61 Å². The maximum absolute atomic E-state index is 12.2. The molecule has 3 nitrogen and oxygen atoms in total. The lowest BCUT2D eigenvalue weighted by molar-refractivity contribution is -0.161. The molecule has 1 spiro atoms. The van der Waals surface area contributed by atoms with E-state index in [4.69, 9.17) is 4.74 Å². The van der Waals surface area contributed by atoms with Crippen LogP contribution in [0.15, 0.2) is 30.3 Å². The highest BCUT2D eigenvalue weighted by atomic mass is 16.5. The van der Waals surface area contributed by atoms with E-state index >= 15 is 0 Å². The molecule has 1 aromatic rings. The fourth-order valence-corrected chi connectivity index (χ4v) is 3.42. The lowest BCUT2D eigenvalue weighted by Crippen LogP contribution is -2.63. The van der Waals surface area contributed by atoms with Crippen LogP contribution in [0.4, 0.5) is 0 Å². The summed E-state index contributed by atoms with van der Waals surface area (Å²) in [7, 11) is 0. The minimum Gasteiger partial charge on any atom is -0.463 e. The molecule has 1 aliphatic heterocycles. The zero-order valence-corrected chi connectivity index (χ0v) is 12.1. The Hall–Kier alpha value is -1.35. The van der Waals surface area contributed by atoms with Crippen LogP contribution in [-0.4, -0.2) is 24.2 Å². The van der Waals surface area contributed by atoms with E-state index < -0.39 is 5.54 Å². The van der Waals surface area contributed by atoms with Gasteiger partial charge < -0.3 is 4.74 Å². The van der Waals surface area contributed by atoms with Crippen LogP contribution in [0.25, 0.3) is 0 Å². The van der Waals surface area contributed by atoms with Crippen molar-refractivity contribution in [3.05, 3.63) is 35.9 Å². The van der Waals surface area contributed by atoms with Crippen molar-refractivity contribution in [1.29, 1.82) is 0 Å². The number of rotatable bonds is 2. The first-order valence-corrected chi connectivity index (χ1v) is 7.67. The van der Waals surface area contributed by atoms with Gasteiger partial charge in [0, 0.05) is 6.04 Å². The monoisotopic (exact) mass is 273 g/mol. The van der Waals surface area contributed by atoms with Crippen molar-refractivity contribution < 1.29 is 9.53 Å². The summed E-state index contributed by atoms with van der Waals surface area (Å²) in [6, 6.07) is 10.6. The third-order valence-electron chi connectivity index (χ3n) is 4.74. The van der Waals surface area contributed by atoms with Gasteiger partial charge in [0.1, 0.15) is 12.1 Å². The van der Waals surface area contributed by atoms with E-state index in [0.717, 1.165) is 38.0 Å². The van der Waals surface area contributed by atoms with Gasteiger partial charge in [-0.05, 0) is 43.6 Å². The number of ether oxygens (including phenoxy) is 1. The number of carbonyl (C=O) groups excluding carboxylic acids is 1. The molecule has 1 N–H and O–H groups in total. The summed E-state index contributed by atoms with van der Waals surface area (Å²) in [5, 5.41) is 3.61. The smallest absolute Gasteiger partial charge is 0.326 e. The highest BCUT2D eigenvalue weighted by molar-refractivity contribution is 5.81. The van der Waals surface area contributed by atoms with Crippen LogP contribution >= 0.6 is 0 Å². The van der Waals surface area contributed by atoms with E-state index in [9.17, 15) is 4.79 Å². The zero-order valence-electron chi connectivity index (χ0n) is 12.1. The van der Waals surface area contributed by atoms with Gasteiger partial charge in [0.15, 0.2) is 0 Å². The van der Waals surface area contributed by atoms with E-state index in [2.05, 4.69) is 36.5 Å². The molecule has 1 heterocycles. The van der Waals surface area contributed by atoms with E-state index in [1.54, 1.807) is 0 Å². The van der Waals surface area contributed by atoms with Crippen molar-refractivity contribution in [2.24, 2.45) is 5.92 Å². The highest BCUT2D eigenvalue weighted by Gasteiger charge is 2.46. The largest absolute Gasteiger partial charge is 0.463 e. The van der Waals surface area contributed by atoms with Gasteiger partial charge in [-0.25, -0.2) is 0 Å². The molecule has 0 bridgehead atoms. The Balaban J connectivity index is 1.68. The maximum atomic E-state index is 12.2. The third kappa shape index (κ3) is 2.73. The number of morpholine rings is 1. The molecule has 1 saturated carbocycles. The number of hydrogen-bond acceptors (Lipinski definition) is 3. The molecule has 3 heteroatoms. The number of benzene rings is 1. The van der Waals surface area contributed by atoms with Crippen molar-refractivity contribution in [2.45, 2.75) is 50.6 Å². The summed E-state index contributed by atoms with van der Waals surface area (Å²) in [5.74, 6) is 0.693. The standard InChI is InChI=1S/C17H23NO2/c1-13-7-9-17(10-8-13)16(19)20-12-15(18-17)11-14-5-3-2-4-6-14/h2-6,13,15,18H,7-12H2,1H3/t13?,15-,17?/m0/s1. The number of hydrogen-bond donors (Lipinski definition) is 1. The Labute approximate surface area is 120 Å². The van der Waals surface area contributed by atoms with E-state index in [1.807, 2.05) is 6.07 Å². The topological polar surface area (TPSA) is 38.3 Å². The van der Waals surface area contributed by atoms with Gasteiger partial charge >= 0.3 is 5.97 Å². The van der Waals surface area contributed by atoms with Crippen LogP contribution in [-0.2, 0) is 16.0 Å². The Bertz CT molecular complexity index is 463.